The third-order valence-corrected chi connectivity index (χ3v) is 5.54. The Hall–Kier alpha value is -2.82. The quantitative estimate of drug-likeness (QED) is 0.667. The van der Waals surface area contributed by atoms with Gasteiger partial charge < -0.3 is 9.84 Å². The lowest BCUT2D eigenvalue weighted by molar-refractivity contribution is -0.141. The Morgan fingerprint density at radius 2 is 2.04 bits per heavy atom. The fourth-order valence-corrected chi connectivity index (χ4v) is 3.97. The molecule has 5 nitrogen and oxygen atoms in total. The van der Waals surface area contributed by atoms with E-state index in [2.05, 4.69) is 29.4 Å². The lowest BCUT2D eigenvalue weighted by Gasteiger charge is -2.18. The number of carboxylic acids is 1. The van der Waals surface area contributed by atoms with Gasteiger partial charge in [-0.1, -0.05) is 25.1 Å². The molecule has 0 radical (unpaired) electrons. The maximum atomic E-state index is 11.3. The van der Waals surface area contributed by atoms with Crippen LogP contribution in [0.3, 0.4) is 0 Å². The van der Waals surface area contributed by atoms with Gasteiger partial charge >= 0.3 is 5.97 Å². The van der Waals surface area contributed by atoms with E-state index in [0.717, 1.165) is 46.2 Å². The second-order valence-corrected chi connectivity index (χ2v) is 7.87. The Balaban J connectivity index is 1.73. The first-order valence-electron chi connectivity index (χ1n) is 9.96. The van der Waals surface area contributed by atoms with E-state index in [-0.39, 0.29) is 6.10 Å². The van der Waals surface area contributed by atoms with Gasteiger partial charge in [0.25, 0.3) is 0 Å². The molecule has 1 saturated carbocycles. The first-order valence-corrected chi connectivity index (χ1v) is 9.96. The number of aromatic nitrogens is 2. The highest BCUT2D eigenvalue weighted by atomic mass is 16.5. The van der Waals surface area contributed by atoms with Crippen molar-refractivity contribution in [1.82, 2.24) is 9.78 Å². The van der Waals surface area contributed by atoms with E-state index in [9.17, 15) is 9.90 Å². The number of benzene rings is 2. The number of hydrogen-bond donors (Lipinski definition) is 1. The van der Waals surface area contributed by atoms with Crippen LogP contribution in [0.15, 0.2) is 42.6 Å². The van der Waals surface area contributed by atoms with Gasteiger partial charge in [-0.25, -0.2) is 0 Å². The van der Waals surface area contributed by atoms with Gasteiger partial charge in [-0.05, 0) is 61.4 Å². The van der Waals surface area contributed by atoms with Crippen LogP contribution in [-0.2, 0) is 18.3 Å². The molecular weight excluding hydrogens is 352 g/mol. The zero-order valence-electron chi connectivity index (χ0n) is 16.4. The number of hydrogen-bond acceptors (Lipinski definition) is 3. The van der Waals surface area contributed by atoms with Crippen molar-refractivity contribution in [3.63, 3.8) is 0 Å². The molecule has 1 atom stereocenters. The van der Waals surface area contributed by atoms with Crippen molar-refractivity contribution < 1.29 is 14.6 Å². The van der Waals surface area contributed by atoms with Crippen LogP contribution in [0.1, 0.15) is 38.2 Å². The highest BCUT2D eigenvalue weighted by Gasteiger charge is 2.20. The maximum Gasteiger partial charge on any atom is 0.306 e. The second kappa shape index (κ2) is 7.66. The molecule has 1 N–H and O–H groups in total. The average molecular weight is 378 g/mol. The minimum absolute atomic E-state index is 0.265. The monoisotopic (exact) mass is 378 g/mol. The molecule has 4 rings (SSSR count). The number of carboxylic acid groups (broad SMARTS) is 1. The Kier molecular flexibility index (Phi) is 5.07. The molecule has 0 aliphatic heterocycles. The number of nitrogens with zero attached hydrogens (tertiary/aromatic N) is 2. The molecule has 1 aliphatic rings. The van der Waals surface area contributed by atoms with Crippen LogP contribution < -0.4 is 4.74 Å². The molecule has 0 bridgehead atoms. The summed E-state index contributed by atoms with van der Waals surface area (Å²) in [5.41, 5.74) is 4.00. The third-order valence-electron chi connectivity index (χ3n) is 5.54. The number of rotatable bonds is 6. The predicted molar refractivity (Wildman–Crippen MR) is 110 cm³/mol. The van der Waals surface area contributed by atoms with E-state index in [4.69, 9.17) is 4.74 Å². The number of fused-ring (bicyclic) bond motifs is 1. The van der Waals surface area contributed by atoms with E-state index >= 15 is 0 Å². The van der Waals surface area contributed by atoms with Crippen molar-refractivity contribution in [2.45, 2.75) is 45.1 Å². The van der Waals surface area contributed by atoms with Gasteiger partial charge in [-0.3, -0.25) is 9.48 Å². The molecule has 1 heterocycles. The summed E-state index contributed by atoms with van der Waals surface area (Å²) in [5.74, 6) is -0.329. The summed E-state index contributed by atoms with van der Waals surface area (Å²) in [7, 11) is 1.92. The molecule has 1 aromatic heterocycles. The number of ether oxygens (including phenoxy) is 1. The number of carbonyl (C=O) groups is 1. The summed E-state index contributed by atoms with van der Waals surface area (Å²) in [5, 5.41) is 14.9. The topological polar surface area (TPSA) is 64.4 Å². The number of aliphatic carboxylic acids is 1. The molecule has 2 aromatic carbocycles. The van der Waals surface area contributed by atoms with Crippen LogP contribution in [0.25, 0.3) is 22.0 Å². The lowest BCUT2D eigenvalue weighted by atomic mass is 9.96. The minimum atomic E-state index is -0.775. The zero-order valence-corrected chi connectivity index (χ0v) is 16.4. The number of aryl methyl sites for hydroxylation is 1. The van der Waals surface area contributed by atoms with E-state index in [1.54, 1.807) is 6.92 Å². The van der Waals surface area contributed by atoms with Crippen molar-refractivity contribution in [2.75, 3.05) is 0 Å². The highest BCUT2D eigenvalue weighted by Crippen LogP contribution is 2.36. The maximum absolute atomic E-state index is 11.3. The van der Waals surface area contributed by atoms with Gasteiger partial charge in [0.05, 0.1) is 17.5 Å². The summed E-state index contributed by atoms with van der Waals surface area (Å²) in [4.78, 5) is 11.3. The first-order chi connectivity index (χ1) is 13.5. The fraction of sp³-hybridized carbons (Fsp3) is 0.391. The standard InChI is InChI=1S/C23H26N2O3/c1-15(23(26)27)11-16-7-10-22(28-19-5-3-4-6-19)20(12-16)17-8-9-18-14-25(2)24-21(18)13-17/h7-10,12-15,19H,3-6,11H2,1-2H3,(H,26,27). The molecular formula is C23H26N2O3. The van der Waals surface area contributed by atoms with Gasteiger partial charge in [0, 0.05) is 24.2 Å². The molecule has 1 fully saturated rings. The van der Waals surface area contributed by atoms with Gasteiger partial charge in [-0.2, -0.15) is 5.10 Å². The van der Waals surface area contributed by atoms with Gasteiger partial charge in [0.2, 0.25) is 0 Å². The van der Waals surface area contributed by atoms with Crippen LogP contribution in [-0.4, -0.2) is 27.0 Å². The van der Waals surface area contributed by atoms with Crippen molar-refractivity contribution in [2.24, 2.45) is 13.0 Å². The molecule has 1 aliphatic carbocycles. The van der Waals surface area contributed by atoms with Gasteiger partial charge in [0.15, 0.2) is 0 Å². The van der Waals surface area contributed by atoms with Crippen molar-refractivity contribution >= 4 is 16.9 Å². The SMILES string of the molecule is CC(Cc1ccc(OC2CCCC2)c(-c2ccc3cn(C)nc3c2)c1)C(=O)O. The van der Waals surface area contributed by atoms with E-state index in [1.165, 1.54) is 12.8 Å². The Morgan fingerprint density at radius 1 is 1.25 bits per heavy atom. The van der Waals surface area contributed by atoms with Crippen molar-refractivity contribution in [3.05, 3.63) is 48.2 Å². The first kappa shape index (κ1) is 18.5. The predicted octanol–water partition coefficient (Wildman–Crippen LogP) is 4.82. The Bertz CT molecular complexity index is 1000. The molecule has 146 valence electrons. The molecule has 5 heteroatoms. The summed E-state index contributed by atoms with van der Waals surface area (Å²) in [6, 6.07) is 12.3. The summed E-state index contributed by atoms with van der Waals surface area (Å²) in [6.07, 6.45) is 7.38. The summed E-state index contributed by atoms with van der Waals surface area (Å²) >= 11 is 0. The van der Waals surface area contributed by atoms with Crippen LogP contribution in [0.2, 0.25) is 0 Å². The highest BCUT2D eigenvalue weighted by molar-refractivity contribution is 5.85. The largest absolute Gasteiger partial charge is 0.490 e. The normalized spacial score (nSPS) is 15.8. The molecule has 0 saturated heterocycles. The van der Waals surface area contributed by atoms with Crippen LogP contribution in [0.5, 0.6) is 5.75 Å². The van der Waals surface area contributed by atoms with Gasteiger partial charge in [0.1, 0.15) is 5.75 Å². The lowest BCUT2D eigenvalue weighted by Crippen LogP contribution is -2.13. The summed E-state index contributed by atoms with van der Waals surface area (Å²) in [6.45, 7) is 1.74. The van der Waals surface area contributed by atoms with E-state index < -0.39 is 11.9 Å². The van der Waals surface area contributed by atoms with Crippen LogP contribution in [0, 0.1) is 5.92 Å². The average Bonchev–Trinajstić information content (AvgIpc) is 3.30. The molecule has 0 spiro atoms. The molecule has 0 amide bonds. The Labute approximate surface area is 164 Å². The van der Waals surface area contributed by atoms with Crippen LogP contribution in [0.4, 0.5) is 0 Å². The Morgan fingerprint density at radius 3 is 2.79 bits per heavy atom. The van der Waals surface area contributed by atoms with E-state index in [0.29, 0.717) is 6.42 Å². The van der Waals surface area contributed by atoms with Crippen molar-refractivity contribution in [1.29, 1.82) is 0 Å². The minimum Gasteiger partial charge on any atom is -0.490 e. The smallest absolute Gasteiger partial charge is 0.306 e. The summed E-state index contributed by atoms with van der Waals surface area (Å²) < 4.78 is 8.16. The van der Waals surface area contributed by atoms with Crippen molar-refractivity contribution in [3.8, 4) is 16.9 Å². The zero-order chi connectivity index (χ0) is 19.7. The molecule has 1 unspecified atom stereocenters. The van der Waals surface area contributed by atoms with Gasteiger partial charge in [-0.15, -0.1) is 0 Å². The van der Waals surface area contributed by atoms with Crippen LogP contribution >= 0.6 is 0 Å². The third kappa shape index (κ3) is 3.88. The molecule has 3 aromatic rings. The second-order valence-electron chi connectivity index (χ2n) is 7.87. The molecule has 28 heavy (non-hydrogen) atoms. The fourth-order valence-electron chi connectivity index (χ4n) is 3.97. The van der Waals surface area contributed by atoms with E-state index in [1.807, 2.05) is 30.1 Å².